The SMILES string of the molecule is COc1cc(-c2c3c(C(F)F)cc(-c4cn[nH]c4)cc3nn2C)cc(OC(F)F)c1C(=O)N1CC(O)(C(F)(F)F)C1. The molecule has 1 saturated heterocycles. The van der Waals surface area contributed by atoms with E-state index in [2.05, 4.69) is 20.0 Å². The number of halogens is 7. The molecule has 0 unspecified atom stereocenters. The molecule has 0 radical (unpaired) electrons. The van der Waals surface area contributed by atoms with Gasteiger partial charge >= 0.3 is 12.8 Å². The average Bonchev–Trinajstić information content (AvgIpc) is 3.51. The van der Waals surface area contributed by atoms with Crippen LogP contribution < -0.4 is 9.47 Å². The molecule has 4 aromatic rings. The molecule has 1 fully saturated rings. The summed E-state index contributed by atoms with van der Waals surface area (Å²) in [6.45, 7) is -5.75. The van der Waals surface area contributed by atoms with Crippen molar-refractivity contribution in [3.8, 4) is 33.9 Å². The standard InChI is InChI=1S/C25H20F7N5O4/c1-36-20(18-14(21(26)27)3-11(4-15(18)35-36)13-7-33-34-8-13)12-5-16(40-2)19(17(6-12)41-23(28)29)22(38)37-9-24(39,10-37)25(30,31)32/h3-8,21,23,39H,9-10H2,1-2H3,(H,33,34). The summed E-state index contributed by atoms with van der Waals surface area (Å²) in [5, 5.41) is 20.4. The van der Waals surface area contributed by atoms with Crippen LogP contribution >= 0.6 is 0 Å². The Morgan fingerprint density at radius 3 is 2.32 bits per heavy atom. The highest BCUT2D eigenvalue weighted by Gasteiger charge is 2.62. The van der Waals surface area contributed by atoms with Gasteiger partial charge in [0.15, 0.2) is 5.60 Å². The molecule has 41 heavy (non-hydrogen) atoms. The minimum Gasteiger partial charge on any atom is -0.496 e. The van der Waals surface area contributed by atoms with Gasteiger partial charge in [0.2, 0.25) is 0 Å². The fourth-order valence-corrected chi connectivity index (χ4v) is 4.79. The van der Waals surface area contributed by atoms with E-state index in [9.17, 15) is 40.6 Å². The molecule has 0 bridgehead atoms. The first-order valence-electron chi connectivity index (χ1n) is 11.8. The van der Waals surface area contributed by atoms with Crippen molar-refractivity contribution in [1.82, 2.24) is 24.9 Å². The van der Waals surface area contributed by atoms with Crippen LogP contribution in [0.15, 0.2) is 36.7 Å². The van der Waals surface area contributed by atoms with Gasteiger partial charge in [0.05, 0.1) is 37.6 Å². The fourth-order valence-electron chi connectivity index (χ4n) is 4.79. The second-order valence-electron chi connectivity index (χ2n) is 9.34. The molecule has 1 amide bonds. The molecule has 1 aliphatic heterocycles. The van der Waals surface area contributed by atoms with Crippen LogP contribution in [0.3, 0.4) is 0 Å². The van der Waals surface area contributed by atoms with E-state index in [4.69, 9.17) is 4.74 Å². The Morgan fingerprint density at radius 1 is 1.07 bits per heavy atom. The number of carbonyl (C=O) groups excluding carboxylic acids is 1. The second-order valence-corrected chi connectivity index (χ2v) is 9.34. The number of aliphatic hydroxyl groups is 1. The van der Waals surface area contributed by atoms with E-state index in [0.29, 0.717) is 16.0 Å². The first kappa shape index (κ1) is 28.2. The van der Waals surface area contributed by atoms with E-state index in [1.807, 2.05) is 0 Å². The van der Waals surface area contributed by atoms with Gasteiger partial charge < -0.3 is 19.5 Å². The normalized spacial score (nSPS) is 15.1. The zero-order valence-electron chi connectivity index (χ0n) is 21.1. The van der Waals surface area contributed by atoms with E-state index in [-0.39, 0.29) is 27.9 Å². The number of hydrogen-bond donors (Lipinski definition) is 2. The number of fused-ring (bicyclic) bond motifs is 1. The lowest BCUT2D eigenvalue weighted by molar-refractivity contribution is -0.294. The van der Waals surface area contributed by atoms with Crippen LogP contribution in [0.4, 0.5) is 30.7 Å². The molecule has 2 N–H and O–H groups in total. The van der Waals surface area contributed by atoms with Gasteiger partial charge in [-0.25, -0.2) is 8.78 Å². The summed E-state index contributed by atoms with van der Waals surface area (Å²) >= 11 is 0. The van der Waals surface area contributed by atoms with Crippen molar-refractivity contribution in [3.05, 3.63) is 47.8 Å². The van der Waals surface area contributed by atoms with E-state index < -0.39 is 60.7 Å². The number of amides is 1. The number of ether oxygens (including phenoxy) is 2. The number of likely N-dealkylation sites (tertiary alicyclic amines) is 1. The third-order valence-electron chi connectivity index (χ3n) is 6.74. The smallest absolute Gasteiger partial charge is 0.420 e. The highest BCUT2D eigenvalue weighted by atomic mass is 19.4. The molecule has 1 aliphatic rings. The van der Waals surface area contributed by atoms with Gasteiger partial charge in [-0.05, 0) is 29.8 Å². The zero-order valence-corrected chi connectivity index (χ0v) is 21.1. The molecule has 2 aromatic carbocycles. The third kappa shape index (κ3) is 4.81. The molecule has 16 heteroatoms. The molecular formula is C25H20F7N5O4. The van der Waals surface area contributed by atoms with Crippen molar-refractivity contribution >= 4 is 16.8 Å². The van der Waals surface area contributed by atoms with E-state index in [1.165, 1.54) is 42.3 Å². The minimum atomic E-state index is -5.03. The molecule has 9 nitrogen and oxygen atoms in total. The number of methoxy groups -OCH3 is 1. The number of rotatable bonds is 7. The number of nitrogens with zero attached hydrogens (tertiary/aromatic N) is 4. The van der Waals surface area contributed by atoms with E-state index >= 15 is 0 Å². The summed E-state index contributed by atoms with van der Waals surface area (Å²) in [6, 6.07) is 4.91. The zero-order chi connectivity index (χ0) is 29.9. The first-order chi connectivity index (χ1) is 19.2. The maximum atomic E-state index is 14.3. The van der Waals surface area contributed by atoms with Gasteiger partial charge in [0.1, 0.15) is 17.1 Å². The minimum absolute atomic E-state index is 0.00702. The molecule has 0 spiro atoms. The van der Waals surface area contributed by atoms with Crippen molar-refractivity contribution in [2.24, 2.45) is 7.05 Å². The first-order valence-corrected chi connectivity index (χ1v) is 11.8. The summed E-state index contributed by atoms with van der Waals surface area (Å²) in [6.07, 6.45) is -5.07. The number of nitrogens with one attached hydrogen (secondary N) is 1. The molecule has 2 aromatic heterocycles. The summed E-state index contributed by atoms with van der Waals surface area (Å²) in [4.78, 5) is 13.7. The quantitative estimate of drug-likeness (QED) is 0.297. The lowest BCUT2D eigenvalue weighted by Crippen LogP contribution is -2.70. The summed E-state index contributed by atoms with van der Waals surface area (Å²) in [7, 11) is 2.51. The van der Waals surface area contributed by atoms with Gasteiger partial charge in [-0.15, -0.1) is 0 Å². The molecule has 0 aliphatic carbocycles. The predicted molar refractivity (Wildman–Crippen MR) is 129 cm³/mol. The number of β-amino-alcohol motifs (C(OH)–C–C–N with tert-alkyl or cyclic N) is 1. The Hall–Kier alpha value is -4.34. The number of benzene rings is 2. The number of H-pyrrole nitrogens is 1. The van der Waals surface area contributed by atoms with Gasteiger partial charge in [-0.3, -0.25) is 14.6 Å². The molecule has 0 atom stereocenters. The van der Waals surface area contributed by atoms with Gasteiger partial charge in [-0.1, -0.05) is 0 Å². The van der Waals surface area contributed by atoms with Crippen LogP contribution in [0.1, 0.15) is 22.3 Å². The highest BCUT2D eigenvalue weighted by molar-refractivity contribution is 6.03. The van der Waals surface area contributed by atoms with Gasteiger partial charge in [-0.2, -0.15) is 32.1 Å². The van der Waals surface area contributed by atoms with Gasteiger partial charge in [0.25, 0.3) is 12.3 Å². The molecule has 0 saturated carbocycles. The van der Waals surface area contributed by atoms with E-state index in [1.54, 1.807) is 0 Å². The Labute approximate surface area is 226 Å². The lowest BCUT2D eigenvalue weighted by Gasteiger charge is -2.47. The van der Waals surface area contributed by atoms with Crippen molar-refractivity contribution in [2.45, 2.75) is 24.8 Å². The van der Waals surface area contributed by atoms with Crippen LogP contribution in [0.25, 0.3) is 33.3 Å². The topological polar surface area (TPSA) is 106 Å². The summed E-state index contributed by atoms with van der Waals surface area (Å²) in [5.74, 6) is -2.33. The monoisotopic (exact) mass is 587 g/mol. The highest BCUT2D eigenvalue weighted by Crippen LogP contribution is 2.44. The van der Waals surface area contributed by atoms with Crippen molar-refractivity contribution < 1.29 is 50.1 Å². The van der Waals surface area contributed by atoms with Crippen LogP contribution in [-0.2, 0) is 7.05 Å². The van der Waals surface area contributed by atoms with Crippen LogP contribution in [-0.4, -0.2) is 74.5 Å². The Bertz CT molecular complexity index is 1610. The van der Waals surface area contributed by atoms with Crippen LogP contribution in [0.5, 0.6) is 11.5 Å². The predicted octanol–water partition coefficient (Wildman–Crippen LogP) is 4.93. The van der Waals surface area contributed by atoms with Crippen LogP contribution in [0.2, 0.25) is 0 Å². The fraction of sp³-hybridized carbons (Fsp3) is 0.320. The second kappa shape index (κ2) is 9.94. The van der Waals surface area contributed by atoms with Crippen LogP contribution in [0, 0.1) is 0 Å². The van der Waals surface area contributed by atoms with E-state index in [0.717, 1.165) is 13.2 Å². The number of aromatic amines is 1. The lowest BCUT2D eigenvalue weighted by atomic mass is 9.92. The summed E-state index contributed by atoms with van der Waals surface area (Å²) in [5.41, 5.74) is -3.14. The number of hydrogen-bond acceptors (Lipinski definition) is 6. The number of aryl methyl sites for hydroxylation is 1. The van der Waals surface area contributed by atoms with Crippen molar-refractivity contribution in [1.29, 1.82) is 0 Å². The number of aromatic nitrogens is 4. The van der Waals surface area contributed by atoms with Crippen molar-refractivity contribution in [3.63, 3.8) is 0 Å². The molecule has 218 valence electrons. The Balaban J connectivity index is 1.65. The van der Waals surface area contributed by atoms with Crippen molar-refractivity contribution in [2.75, 3.05) is 20.2 Å². The number of alkyl halides is 7. The molecular weight excluding hydrogens is 567 g/mol. The largest absolute Gasteiger partial charge is 0.496 e. The Kier molecular flexibility index (Phi) is 6.83. The number of carbonyl (C=O) groups is 1. The maximum absolute atomic E-state index is 14.3. The average molecular weight is 587 g/mol. The maximum Gasteiger partial charge on any atom is 0.420 e. The summed E-state index contributed by atoms with van der Waals surface area (Å²) < 4.78 is 106. The van der Waals surface area contributed by atoms with Gasteiger partial charge in [0, 0.05) is 35.3 Å². The third-order valence-corrected chi connectivity index (χ3v) is 6.74. The molecule has 5 rings (SSSR count). The molecule has 3 heterocycles. The Morgan fingerprint density at radius 2 is 1.76 bits per heavy atom.